The Hall–Kier alpha value is -3.91. The normalized spacial score (nSPS) is 11.2. The van der Waals surface area contributed by atoms with E-state index in [0.717, 1.165) is 11.1 Å². The van der Waals surface area contributed by atoms with Crippen LogP contribution in [0.15, 0.2) is 88.6 Å². The van der Waals surface area contributed by atoms with E-state index in [1.54, 1.807) is 61.7 Å². The fraction of sp³-hybridized carbons (Fsp3) is 0.0833. The molecule has 0 radical (unpaired) electrons. The highest BCUT2D eigenvalue weighted by atomic mass is 32.2. The summed E-state index contributed by atoms with van der Waals surface area (Å²) < 4.78 is 33.6. The molecule has 1 amide bonds. The number of hydrogen-bond donors (Lipinski definition) is 2. The molecule has 0 aliphatic rings. The SMILES string of the molecule is Cc1ccc(C)c(S(=O)(=O)Nc2cccc(C(=O)Nc3cccc(-c4cnco4)c3)c2)c1. The van der Waals surface area contributed by atoms with Crippen molar-refractivity contribution in [2.75, 3.05) is 10.0 Å². The number of carbonyl (C=O) groups excluding carboxylic acids is 1. The summed E-state index contributed by atoms with van der Waals surface area (Å²) in [5.74, 6) is 0.219. The molecule has 0 saturated heterocycles. The van der Waals surface area contributed by atoms with Gasteiger partial charge in [0.15, 0.2) is 12.2 Å². The number of benzene rings is 3. The van der Waals surface area contributed by atoms with Crippen LogP contribution < -0.4 is 10.0 Å². The molecule has 8 heteroatoms. The summed E-state index contributed by atoms with van der Waals surface area (Å²) in [5, 5.41) is 2.82. The van der Waals surface area contributed by atoms with Crippen molar-refractivity contribution in [3.05, 3.63) is 96.0 Å². The summed E-state index contributed by atoms with van der Waals surface area (Å²) in [5.41, 5.74) is 3.45. The van der Waals surface area contributed by atoms with Gasteiger partial charge in [-0.3, -0.25) is 9.52 Å². The molecule has 3 aromatic carbocycles. The average molecular weight is 448 g/mol. The third kappa shape index (κ3) is 4.70. The van der Waals surface area contributed by atoms with E-state index >= 15 is 0 Å². The Morgan fingerprint density at radius 3 is 2.50 bits per heavy atom. The number of carbonyl (C=O) groups is 1. The second kappa shape index (κ2) is 8.68. The smallest absolute Gasteiger partial charge is 0.262 e. The van der Waals surface area contributed by atoms with Crippen molar-refractivity contribution in [1.82, 2.24) is 4.98 Å². The van der Waals surface area contributed by atoms with Crippen LogP contribution in [0.4, 0.5) is 11.4 Å². The van der Waals surface area contributed by atoms with Gasteiger partial charge in [-0.05, 0) is 61.4 Å². The maximum absolute atomic E-state index is 12.9. The van der Waals surface area contributed by atoms with Crippen LogP contribution in [0.3, 0.4) is 0 Å². The number of oxazole rings is 1. The van der Waals surface area contributed by atoms with Gasteiger partial charge in [0, 0.05) is 22.5 Å². The predicted molar refractivity (Wildman–Crippen MR) is 123 cm³/mol. The van der Waals surface area contributed by atoms with E-state index in [4.69, 9.17) is 4.42 Å². The summed E-state index contributed by atoms with van der Waals surface area (Å²) in [6.45, 7) is 3.57. The monoisotopic (exact) mass is 447 g/mol. The van der Waals surface area contributed by atoms with Gasteiger partial charge < -0.3 is 9.73 Å². The van der Waals surface area contributed by atoms with E-state index in [2.05, 4.69) is 15.0 Å². The molecule has 0 atom stereocenters. The number of nitrogens with zero attached hydrogens (tertiary/aromatic N) is 1. The Morgan fingerprint density at radius 2 is 1.72 bits per heavy atom. The van der Waals surface area contributed by atoms with Crippen LogP contribution in [0.2, 0.25) is 0 Å². The van der Waals surface area contributed by atoms with Gasteiger partial charge in [-0.15, -0.1) is 0 Å². The van der Waals surface area contributed by atoms with Crippen molar-refractivity contribution in [2.45, 2.75) is 18.7 Å². The quantitative estimate of drug-likeness (QED) is 0.433. The Morgan fingerprint density at radius 1 is 0.938 bits per heavy atom. The van der Waals surface area contributed by atoms with Gasteiger partial charge in [0.1, 0.15) is 0 Å². The summed E-state index contributed by atoms with van der Waals surface area (Å²) in [7, 11) is -3.80. The highest BCUT2D eigenvalue weighted by Crippen LogP contribution is 2.24. The lowest BCUT2D eigenvalue weighted by atomic mass is 10.1. The van der Waals surface area contributed by atoms with Crippen LogP contribution in [-0.4, -0.2) is 19.3 Å². The molecule has 0 saturated carbocycles. The Balaban J connectivity index is 1.53. The largest absolute Gasteiger partial charge is 0.444 e. The third-order valence-corrected chi connectivity index (χ3v) is 6.37. The predicted octanol–water partition coefficient (Wildman–Crippen LogP) is 5.01. The lowest BCUT2D eigenvalue weighted by Crippen LogP contribution is -2.16. The van der Waals surface area contributed by atoms with E-state index < -0.39 is 10.0 Å². The topological polar surface area (TPSA) is 101 Å². The van der Waals surface area contributed by atoms with Gasteiger partial charge in [0.05, 0.1) is 11.1 Å². The molecule has 1 heterocycles. The molecule has 7 nitrogen and oxygen atoms in total. The Kier molecular flexibility index (Phi) is 5.79. The van der Waals surface area contributed by atoms with Gasteiger partial charge in [0.2, 0.25) is 0 Å². The maximum Gasteiger partial charge on any atom is 0.262 e. The lowest BCUT2D eigenvalue weighted by molar-refractivity contribution is 0.102. The molecule has 0 spiro atoms. The first-order valence-corrected chi connectivity index (χ1v) is 11.3. The maximum atomic E-state index is 12.9. The molecule has 4 aromatic rings. The van der Waals surface area contributed by atoms with Crippen LogP contribution in [0, 0.1) is 13.8 Å². The van der Waals surface area contributed by atoms with Crippen molar-refractivity contribution in [2.24, 2.45) is 0 Å². The molecule has 0 unspecified atom stereocenters. The van der Waals surface area contributed by atoms with E-state index in [1.807, 2.05) is 19.1 Å². The first kappa shape index (κ1) is 21.3. The van der Waals surface area contributed by atoms with E-state index in [0.29, 0.717) is 28.3 Å². The van der Waals surface area contributed by atoms with Crippen LogP contribution in [0.5, 0.6) is 0 Å². The molecule has 32 heavy (non-hydrogen) atoms. The van der Waals surface area contributed by atoms with Gasteiger partial charge in [0.25, 0.3) is 15.9 Å². The molecular weight excluding hydrogens is 426 g/mol. The number of anilines is 2. The summed E-state index contributed by atoms with van der Waals surface area (Å²) in [4.78, 5) is 16.9. The van der Waals surface area contributed by atoms with Crippen molar-refractivity contribution < 1.29 is 17.6 Å². The minimum absolute atomic E-state index is 0.205. The number of hydrogen-bond acceptors (Lipinski definition) is 5. The third-order valence-electron chi connectivity index (χ3n) is 4.85. The van der Waals surface area contributed by atoms with E-state index in [1.165, 1.54) is 12.5 Å². The minimum atomic E-state index is -3.80. The highest BCUT2D eigenvalue weighted by Gasteiger charge is 2.18. The van der Waals surface area contributed by atoms with Crippen molar-refractivity contribution in [3.8, 4) is 11.3 Å². The van der Waals surface area contributed by atoms with Crippen molar-refractivity contribution >= 4 is 27.3 Å². The summed E-state index contributed by atoms with van der Waals surface area (Å²) >= 11 is 0. The summed E-state index contributed by atoms with van der Waals surface area (Å²) in [6, 6.07) is 18.7. The van der Waals surface area contributed by atoms with Gasteiger partial charge in [-0.25, -0.2) is 13.4 Å². The molecule has 0 aliphatic carbocycles. The van der Waals surface area contributed by atoms with Crippen molar-refractivity contribution in [3.63, 3.8) is 0 Å². The molecule has 162 valence electrons. The fourth-order valence-electron chi connectivity index (χ4n) is 3.24. The molecule has 0 fully saturated rings. The standard InChI is InChI=1S/C24H21N3O4S/c1-16-9-10-17(2)23(11-16)32(29,30)27-21-8-4-6-19(13-21)24(28)26-20-7-3-5-18(12-20)22-14-25-15-31-22/h3-15,27H,1-2H3,(H,26,28). The zero-order valence-corrected chi connectivity index (χ0v) is 18.3. The van der Waals surface area contributed by atoms with E-state index in [-0.39, 0.29) is 10.8 Å². The second-order valence-electron chi connectivity index (χ2n) is 7.36. The fourth-order valence-corrected chi connectivity index (χ4v) is 4.62. The Labute approximate surface area is 186 Å². The number of aryl methyl sites for hydroxylation is 2. The van der Waals surface area contributed by atoms with E-state index in [9.17, 15) is 13.2 Å². The molecule has 0 bridgehead atoms. The zero-order chi connectivity index (χ0) is 22.7. The first-order chi connectivity index (χ1) is 15.3. The molecule has 0 aliphatic heterocycles. The number of rotatable bonds is 6. The van der Waals surface area contributed by atoms with Crippen molar-refractivity contribution in [1.29, 1.82) is 0 Å². The summed E-state index contributed by atoms with van der Waals surface area (Å²) in [6.07, 6.45) is 2.93. The second-order valence-corrected chi connectivity index (χ2v) is 9.01. The van der Waals surface area contributed by atoms with Gasteiger partial charge in [-0.2, -0.15) is 0 Å². The van der Waals surface area contributed by atoms with Crippen LogP contribution in [0.1, 0.15) is 21.5 Å². The van der Waals surface area contributed by atoms with Crippen LogP contribution in [0.25, 0.3) is 11.3 Å². The minimum Gasteiger partial charge on any atom is -0.444 e. The number of aromatic nitrogens is 1. The lowest BCUT2D eigenvalue weighted by Gasteiger charge is -2.12. The first-order valence-electron chi connectivity index (χ1n) is 9.82. The molecular formula is C24H21N3O4S. The average Bonchev–Trinajstić information content (AvgIpc) is 3.30. The van der Waals surface area contributed by atoms with Crippen LogP contribution in [-0.2, 0) is 10.0 Å². The van der Waals surface area contributed by atoms with Gasteiger partial charge >= 0.3 is 0 Å². The van der Waals surface area contributed by atoms with Gasteiger partial charge in [-0.1, -0.05) is 30.3 Å². The number of nitrogens with one attached hydrogen (secondary N) is 2. The molecule has 2 N–H and O–H groups in total. The highest BCUT2D eigenvalue weighted by molar-refractivity contribution is 7.92. The zero-order valence-electron chi connectivity index (χ0n) is 17.5. The van der Waals surface area contributed by atoms with Crippen LogP contribution >= 0.6 is 0 Å². The number of sulfonamides is 1. The Bertz CT molecular complexity index is 1380. The molecule has 4 rings (SSSR count). The number of amides is 1. The molecule has 1 aromatic heterocycles.